The van der Waals surface area contributed by atoms with Crippen LogP contribution in [0.5, 0.6) is 11.6 Å². The van der Waals surface area contributed by atoms with Crippen LogP contribution in [0.3, 0.4) is 0 Å². The van der Waals surface area contributed by atoms with E-state index in [1.807, 2.05) is 44.2 Å². The Morgan fingerprint density at radius 1 is 1.22 bits per heavy atom. The molecule has 0 atom stereocenters. The van der Waals surface area contributed by atoms with Gasteiger partial charge < -0.3 is 15.8 Å². The van der Waals surface area contributed by atoms with Gasteiger partial charge in [0.25, 0.3) is 0 Å². The van der Waals surface area contributed by atoms with Crippen LogP contribution in [-0.2, 0) is 4.79 Å². The van der Waals surface area contributed by atoms with E-state index in [9.17, 15) is 4.79 Å². The number of anilines is 1. The minimum absolute atomic E-state index is 0.0556. The van der Waals surface area contributed by atoms with Crippen LogP contribution in [0, 0.1) is 5.41 Å². The van der Waals surface area contributed by atoms with Crippen LogP contribution in [0.25, 0.3) is 0 Å². The second kappa shape index (κ2) is 7.74. The minimum Gasteiger partial charge on any atom is -0.439 e. The lowest BCUT2D eigenvalue weighted by Gasteiger charge is -2.28. The fourth-order valence-electron chi connectivity index (χ4n) is 2.38. The van der Waals surface area contributed by atoms with Crippen molar-refractivity contribution in [1.82, 2.24) is 4.98 Å². The van der Waals surface area contributed by atoms with Crippen LogP contribution in [0.4, 0.5) is 5.69 Å². The molecule has 0 radical (unpaired) electrons. The number of hydrogen-bond donors (Lipinski definition) is 2. The molecule has 0 saturated carbocycles. The van der Waals surface area contributed by atoms with Crippen molar-refractivity contribution in [1.29, 1.82) is 0 Å². The summed E-state index contributed by atoms with van der Waals surface area (Å²) in [4.78, 5) is 16.7. The molecule has 3 N–H and O–H groups in total. The Labute approximate surface area is 136 Å². The van der Waals surface area contributed by atoms with Crippen molar-refractivity contribution in [3.8, 4) is 11.6 Å². The lowest BCUT2D eigenvalue weighted by molar-refractivity contribution is -0.125. The summed E-state index contributed by atoms with van der Waals surface area (Å²) in [5.74, 6) is 1.07. The SMILES string of the molecule is CCC(CC)(CN)C(=O)Nc1cccc(Oc2ccccn2)c1. The topological polar surface area (TPSA) is 77.2 Å². The van der Waals surface area contributed by atoms with Gasteiger partial charge >= 0.3 is 0 Å². The zero-order valence-corrected chi connectivity index (χ0v) is 13.6. The number of benzene rings is 1. The van der Waals surface area contributed by atoms with Gasteiger partial charge in [-0.25, -0.2) is 4.98 Å². The van der Waals surface area contributed by atoms with Crippen molar-refractivity contribution in [2.45, 2.75) is 26.7 Å². The molecule has 0 fully saturated rings. The molecule has 0 aliphatic heterocycles. The highest BCUT2D eigenvalue weighted by Gasteiger charge is 2.33. The fraction of sp³-hybridized carbons (Fsp3) is 0.333. The molecule has 1 aromatic carbocycles. The first-order valence-electron chi connectivity index (χ1n) is 7.84. The number of amides is 1. The van der Waals surface area contributed by atoms with Gasteiger partial charge in [-0.3, -0.25) is 4.79 Å². The molecular weight excluding hydrogens is 290 g/mol. The maximum Gasteiger partial charge on any atom is 0.231 e. The Morgan fingerprint density at radius 2 is 2.00 bits per heavy atom. The number of hydrogen-bond acceptors (Lipinski definition) is 4. The molecule has 1 aromatic heterocycles. The quantitative estimate of drug-likeness (QED) is 0.819. The Morgan fingerprint density at radius 3 is 2.61 bits per heavy atom. The molecule has 0 unspecified atom stereocenters. The lowest BCUT2D eigenvalue weighted by Crippen LogP contribution is -2.41. The summed E-state index contributed by atoms with van der Waals surface area (Å²) >= 11 is 0. The third kappa shape index (κ3) is 4.07. The normalized spacial score (nSPS) is 11.1. The first kappa shape index (κ1) is 17.0. The second-order valence-electron chi connectivity index (χ2n) is 5.44. The molecule has 1 heterocycles. The van der Waals surface area contributed by atoms with E-state index in [0.717, 1.165) is 0 Å². The number of ether oxygens (including phenoxy) is 1. The predicted molar refractivity (Wildman–Crippen MR) is 91.5 cm³/mol. The standard InChI is InChI=1S/C18H23N3O2/c1-3-18(4-2,13-19)17(22)21-14-8-7-9-15(12-14)23-16-10-5-6-11-20-16/h5-12H,3-4,13,19H2,1-2H3,(H,21,22). The number of rotatable bonds is 7. The summed E-state index contributed by atoms with van der Waals surface area (Å²) in [7, 11) is 0. The average molecular weight is 313 g/mol. The minimum atomic E-state index is -0.530. The van der Waals surface area contributed by atoms with Crippen LogP contribution >= 0.6 is 0 Å². The third-order valence-corrected chi connectivity index (χ3v) is 4.18. The number of nitrogens with one attached hydrogen (secondary N) is 1. The monoisotopic (exact) mass is 313 g/mol. The van der Waals surface area contributed by atoms with E-state index in [1.165, 1.54) is 0 Å². The summed E-state index contributed by atoms with van der Waals surface area (Å²) in [5, 5.41) is 2.94. The van der Waals surface area contributed by atoms with Gasteiger partial charge in [0.2, 0.25) is 11.8 Å². The molecule has 23 heavy (non-hydrogen) atoms. The number of nitrogens with zero attached hydrogens (tertiary/aromatic N) is 1. The Balaban J connectivity index is 2.12. The number of carbonyl (C=O) groups is 1. The predicted octanol–water partition coefficient (Wildman–Crippen LogP) is 3.58. The van der Waals surface area contributed by atoms with Crippen molar-refractivity contribution >= 4 is 11.6 Å². The molecule has 5 nitrogen and oxygen atoms in total. The van der Waals surface area contributed by atoms with Crippen LogP contribution < -0.4 is 15.8 Å². The van der Waals surface area contributed by atoms with Crippen molar-refractivity contribution in [3.63, 3.8) is 0 Å². The Hall–Kier alpha value is -2.40. The van der Waals surface area contributed by atoms with Crippen LogP contribution in [-0.4, -0.2) is 17.4 Å². The van der Waals surface area contributed by atoms with Gasteiger partial charge in [0.05, 0.1) is 5.41 Å². The van der Waals surface area contributed by atoms with Gasteiger partial charge in [0.15, 0.2) is 0 Å². The first-order chi connectivity index (χ1) is 11.1. The number of carbonyl (C=O) groups excluding carboxylic acids is 1. The van der Waals surface area contributed by atoms with Crippen LogP contribution in [0.2, 0.25) is 0 Å². The largest absolute Gasteiger partial charge is 0.439 e. The molecule has 2 aromatic rings. The molecule has 5 heteroatoms. The highest BCUT2D eigenvalue weighted by Crippen LogP contribution is 2.28. The van der Waals surface area contributed by atoms with Crippen LogP contribution in [0.1, 0.15) is 26.7 Å². The van der Waals surface area contributed by atoms with Gasteiger partial charge in [-0.1, -0.05) is 26.0 Å². The van der Waals surface area contributed by atoms with E-state index in [1.54, 1.807) is 18.3 Å². The average Bonchev–Trinajstić information content (AvgIpc) is 2.58. The van der Waals surface area contributed by atoms with Gasteiger partial charge in [-0.15, -0.1) is 0 Å². The molecule has 0 aliphatic carbocycles. The first-order valence-corrected chi connectivity index (χ1v) is 7.84. The van der Waals surface area contributed by atoms with E-state index in [4.69, 9.17) is 10.5 Å². The Kier molecular flexibility index (Phi) is 5.71. The maximum atomic E-state index is 12.6. The van der Waals surface area contributed by atoms with E-state index in [2.05, 4.69) is 10.3 Å². The summed E-state index contributed by atoms with van der Waals surface area (Å²) in [6.07, 6.45) is 3.07. The smallest absolute Gasteiger partial charge is 0.231 e. The van der Waals surface area contributed by atoms with Crippen molar-refractivity contribution in [2.24, 2.45) is 11.1 Å². The zero-order chi connectivity index (χ0) is 16.7. The highest BCUT2D eigenvalue weighted by molar-refractivity contribution is 5.95. The lowest BCUT2D eigenvalue weighted by atomic mass is 9.81. The Bertz CT molecular complexity index is 631. The summed E-state index contributed by atoms with van der Waals surface area (Å²) in [6, 6.07) is 12.7. The fourth-order valence-corrected chi connectivity index (χ4v) is 2.38. The van der Waals surface area contributed by atoms with Gasteiger partial charge in [0, 0.05) is 30.6 Å². The third-order valence-electron chi connectivity index (χ3n) is 4.18. The maximum absolute atomic E-state index is 12.6. The van der Waals surface area contributed by atoms with Gasteiger partial charge in [-0.05, 0) is 31.0 Å². The van der Waals surface area contributed by atoms with Gasteiger partial charge in [-0.2, -0.15) is 0 Å². The number of pyridine rings is 1. The van der Waals surface area contributed by atoms with Gasteiger partial charge in [0.1, 0.15) is 5.75 Å². The molecule has 2 rings (SSSR count). The molecule has 0 spiro atoms. The molecule has 0 saturated heterocycles. The zero-order valence-electron chi connectivity index (χ0n) is 13.6. The van der Waals surface area contributed by atoms with E-state index in [-0.39, 0.29) is 5.91 Å². The summed E-state index contributed by atoms with van der Waals surface area (Å²) < 4.78 is 5.68. The molecule has 0 bridgehead atoms. The van der Waals surface area contributed by atoms with E-state index >= 15 is 0 Å². The molecule has 122 valence electrons. The van der Waals surface area contributed by atoms with E-state index in [0.29, 0.717) is 36.7 Å². The molecule has 1 amide bonds. The number of aromatic nitrogens is 1. The van der Waals surface area contributed by atoms with Crippen molar-refractivity contribution in [2.75, 3.05) is 11.9 Å². The van der Waals surface area contributed by atoms with Crippen molar-refractivity contribution in [3.05, 3.63) is 48.7 Å². The second-order valence-corrected chi connectivity index (χ2v) is 5.44. The van der Waals surface area contributed by atoms with E-state index < -0.39 is 5.41 Å². The summed E-state index contributed by atoms with van der Waals surface area (Å²) in [5.41, 5.74) is 5.98. The molecular formula is C18H23N3O2. The van der Waals surface area contributed by atoms with Crippen molar-refractivity contribution < 1.29 is 9.53 Å². The van der Waals surface area contributed by atoms with Crippen LogP contribution in [0.15, 0.2) is 48.7 Å². The number of nitrogens with two attached hydrogens (primary N) is 1. The summed E-state index contributed by atoms with van der Waals surface area (Å²) in [6.45, 7) is 4.29. The highest BCUT2D eigenvalue weighted by atomic mass is 16.5. The molecule has 0 aliphatic rings.